The molecule has 1 heterocycles. The molecule has 2 rings (SSSR count). The monoisotopic (exact) mass is 368 g/mol. The SMILES string of the molecule is CC(=O)S[C@H]1CC(C(=O)O)N(C(=O)OCc2ccc([N+](=O)[O-])cc2)C1. The Bertz CT molecular complexity index is 692. The van der Waals surface area contributed by atoms with Gasteiger partial charge in [0.25, 0.3) is 5.69 Å². The van der Waals surface area contributed by atoms with Crippen LogP contribution in [0.1, 0.15) is 18.9 Å². The number of benzene rings is 1. The molecule has 0 radical (unpaired) electrons. The number of non-ortho nitro benzene ring substituents is 1. The number of nitro groups is 1. The molecule has 10 heteroatoms. The number of carbonyl (C=O) groups is 3. The van der Waals surface area contributed by atoms with Crippen LogP contribution in [0.15, 0.2) is 24.3 Å². The van der Waals surface area contributed by atoms with Crippen molar-refractivity contribution in [2.75, 3.05) is 6.54 Å². The summed E-state index contributed by atoms with van der Waals surface area (Å²) in [5.41, 5.74) is 0.462. The molecule has 0 spiro atoms. The van der Waals surface area contributed by atoms with Crippen LogP contribution in [-0.2, 0) is 20.9 Å². The topological polar surface area (TPSA) is 127 Å². The second kappa shape index (κ2) is 7.97. The van der Waals surface area contributed by atoms with Gasteiger partial charge in [0.1, 0.15) is 12.6 Å². The molecule has 1 aliphatic rings. The lowest BCUT2D eigenvalue weighted by Gasteiger charge is -2.20. The molecule has 0 saturated carbocycles. The van der Waals surface area contributed by atoms with Crippen molar-refractivity contribution >= 4 is 34.6 Å². The minimum atomic E-state index is -1.15. The Kier molecular flexibility index (Phi) is 5.97. The highest BCUT2D eigenvalue weighted by Gasteiger charge is 2.41. The van der Waals surface area contributed by atoms with E-state index in [0.29, 0.717) is 5.56 Å². The fourth-order valence-electron chi connectivity index (χ4n) is 2.50. The van der Waals surface area contributed by atoms with Crippen LogP contribution in [0, 0.1) is 10.1 Å². The van der Waals surface area contributed by atoms with Crippen LogP contribution in [0.5, 0.6) is 0 Å². The number of nitro benzene ring substituents is 1. The Labute approximate surface area is 147 Å². The number of aliphatic carboxylic acids is 1. The number of hydrogen-bond acceptors (Lipinski definition) is 7. The Hall–Kier alpha value is -2.62. The number of likely N-dealkylation sites (tertiary alicyclic amines) is 1. The molecule has 0 aromatic heterocycles. The lowest BCUT2D eigenvalue weighted by Crippen LogP contribution is -2.40. The number of carbonyl (C=O) groups excluding carboxylic acids is 2. The predicted molar refractivity (Wildman–Crippen MR) is 88.1 cm³/mol. The first-order chi connectivity index (χ1) is 11.8. The molecule has 1 aromatic rings. The largest absolute Gasteiger partial charge is 0.480 e. The molecule has 1 fully saturated rings. The van der Waals surface area contributed by atoms with Crippen LogP contribution < -0.4 is 0 Å². The standard InChI is InChI=1S/C15H16N2O7S/c1-9(18)25-12-6-13(14(19)20)16(7-12)15(21)24-8-10-2-4-11(5-3-10)17(22)23/h2-5,12-13H,6-8H2,1H3,(H,19,20)/t12-,13?/m0/s1. The van der Waals surface area contributed by atoms with Gasteiger partial charge >= 0.3 is 12.1 Å². The molecule has 0 bridgehead atoms. The van der Waals surface area contributed by atoms with Gasteiger partial charge < -0.3 is 9.84 Å². The van der Waals surface area contributed by atoms with E-state index in [1.165, 1.54) is 31.2 Å². The van der Waals surface area contributed by atoms with E-state index in [1.807, 2.05) is 0 Å². The Balaban J connectivity index is 1.97. The van der Waals surface area contributed by atoms with Crippen LogP contribution in [0.25, 0.3) is 0 Å². The highest BCUT2D eigenvalue weighted by atomic mass is 32.2. The summed E-state index contributed by atoms with van der Waals surface area (Å²) in [6, 6.07) is 4.45. The molecule has 0 aliphatic carbocycles. The van der Waals surface area contributed by atoms with E-state index in [4.69, 9.17) is 4.74 Å². The maximum absolute atomic E-state index is 12.2. The number of thioether (sulfide) groups is 1. The van der Waals surface area contributed by atoms with Gasteiger partial charge in [0, 0.05) is 30.9 Å². The van der Waals surface area contributed by atoms with Gasteiger partial charge in [-0.15, -0.1) is 0 Å². The van der Waals surface area contributed by atoms with E-state index in [0.717, 1.165) is 16.7 Å². The van der Waals surface area contributed by atoms with Crippen molar-refractivity contribution in [2.24, 2.45) is 0 Å². The van der Waals surface area contributed by atoms with Crippen LogP contribution in [0.3, 0.4) is 0 Å². The van der Waals surface area contributed by atoms with E-state index < -0.39 is 23.0 Å². The average Bonchev–Trinajstić information content (AvgIpc) is 2.96. The van der Waals surface area contributed by atoms with Gasteiger partial charge in [-0.1, -0.05) is 11.8 Å². The van der Waals surface area contributed by atoms with Gasteiger partial charge in [0.2, 0.25) is 0 Å². The van der Waals surface area contributed by atoms with Crippen LogP contribution >= 0.6 is 11.8 Å². The van der Waals surface area contributed by atoms with Crippen molar-refractivity contribution in [3.63, 3.8) is 0 Å². The van der Waals surface area contributed by atoms with E-state index in [2.05, 4.69) is 0 Å². The molecule has 9 nitrogen and oxygen atoms in total. The van der Waals surface area contributed by atoms with E-state index in [-0.39, 0.29) is 35.6 Å². The molecule has 1 amide bonds. The van der Waals surface area contributed by atoms with Crippen LogP contribution in [0.4, 0.5) is 10.5 Å². The lowest BCUT2D eigenvalue weighted by molar-refractivity contribution is -0.384. The fraction of sp³-hybridized carbons (Fsp3) is 0.400. The summed E-state index contributed by atoms with van der Waals surface area (Å²) in [5.74, 6) is -1.15. The third-order valence-electron chi connectivity index (χ3n) is 3.62. The number of carboxylic acid groups (broad SMARTS) is 1. The van der Waals surface area contributed by atoms with Gasteiger partial charge in [-0.05, 0) is 24.1 Å². The maximum atomic E-state index is 12.2. The Morgan fingerprint density at radius 3 is 2.52 bits per heavy atom. The summed E-state index contributed by atoms with van der Waals surface area (Å²) in [4.78, 5) is 45.8. The Morgan fingerprint density at radius 1 is 1.36 bits per heavy atom. The summed E-state index contributed by atoms with van der Waals surface area (Å²) < 4.78 is 5.11. The predicted octanol–water partition coefficient (Wildman–Crippen LogP) is 2.04. The van der Waals surface area contributed by atoms with Crippen molar-refractivity contribution in [2.45, 2.75) is 31.2 Å². The molecule has 1 saturated heterocycles. The molecule has 1 unspecified atom stereocenters. The highest BCUT2D eigenvalue weighted by Crippen LogP contribution is 2.29. The van der Waals surface area contributed by atoms with Crippen LogP contribution in [-0.4, -0.2) is 49.9 Å². The van der Waals surface area contributed by atoms with E-state index in [9.17, 15) is 29.6 Å². The average molecular weight is 368 g/mol. The maximum Gasteiger partial charge on any atom is 0.410 e. The molecule has 2 atom stereocenters. The third-order valence-corrected chi connectivity index (χ3v) is 4.63. The summed E-state index contributed by atoms with van der Waals surface area (Å²) in [7, 11) is 0. The first-order valence-electron chi connectivity index (χ1n) is 7.34. The van der Waals surface area contributed by atoms with Crippen molar-refractivity contribution in [1.29, 1.82) is 0 Å². The first-order valence-corrected chi connectivity index (χ1v) is 8.22. The van der Waals surface area contributed by atoms with Crippen molar-refractivity contribution in [3.8, 4) is 0 Å². The van der Waals surface area contributed by atoms with Crippen molar-refractivity contribution in [1.82, 2.24) is 4.90 Å². The summed E-state index contributed by atoms with van der Waals surface area (Å²) in [6.07, 6.45) is -0.621. The Morgan fingerprint density at radius 2 is 2.00 bits per heavy atom. The zero-order valence-electron chi connectivity index (χ0n) is 13.3. The molecule has 1 aromatic carbocycles. The number of rotatable bonds is 5. The number of carboxylic acids is 1. The van der Waals surface area contributed by atoms with Gasteiger partial charge in [0.15, 0.2) is 5.12 Å². The van der Waals surface area contributed by atoms with Gasteiger partial charge in [-0.3, -0.25) is 19.8 Å². The van der Waals surface area contributed by atoms with E-state index >= 15 is 0 Å². The number of hydrogen-bond donors (Lipinski definition) is 1. The quantitative estimate of drug-likeness (QED) is 0.618. The summed E-state index contributed by atoms with van der Waals surface area (Å²) in [6.45, 7) is 1.36. The summed E-state index contributed by atoms with van der Waals surface area (Å²) in [5, 5.41) is 19.4. The smallest absolute Gasteiger partial charge is 0.410 e. The molecule has 25 heavy (non-hydrogen) atoms. The molecule has 1 aliphatic heterocycles. The van der Waals surface area contributed by atoms with Crippen molar-refractivity contribution in [3.05, 3.63) is 39.9 Å². The first kappa shape index (κ1) is 18.7. The normalized spacial score (nSPS) is 19.5. The molecular formula is C15H16N2O7S. The molecule has 134 valence electrons. The summed E-state index contributed by atoms with van der Waals surface area (Å²) >= 11 is 1.01. The van der Waals surface area contributed by atoms with Gasteiger partial charge in [-0.2, -0.15) is 0 Å². The minimum Gasteiger partial charge on any atom is -0.480 e. The number of ether oxygens (including phenoxy) is 1. The fourth-order valence-corrected chi connectivity index (χ4v) is 3.48. The second-order valence-electron chi connectivity index (χ2n) is 5.45. The third kappa shape index (κ3) is 4.92. The zero-order chi connectivity index (χ0) is 18.6. The lowest BCUT2D eigenvalue weighted by atomic mass is 10.2. The van der Waals surface area contributed by atoms with Crippen LogP contribution in [0.2, 0.25) is 0 Å². The minimum absolute atomic E-state index is 0.0790. The highest BCUT2D eigenvalue weighted by molar-refractivity contribution is 8.14. The molecule has 1 N–H and O–H groups in total. The van der Waals surface area contributed by atoms with Crippen molar-refractivity contribution < 1.29 is 29.2 Å². The molecular weight excluding hydrogens is 352 g/mol. The van der Waals surface area contributed by atoms with Gasteiger partial charge in [-0.25, -0.2) is 9.59 Å². The zero-order valence-corrected chi connectivity index (χ0v) is 14.1. The second-order valence-corrected chi connectivity index (χ2v) is 6.93. The number of amides is 1. The van der Waals surface area contributed by atoms with Gasteiger partial charge in [0.05, 0.1) is 4.92 Å². The number of nitrogens with zero attached hydrogens (tertiary/aromatic N) is 2. The van der Waals surface area contributed by atoms with E-state index in [1.54, 1.807) is 0 Å².